The maximum atomic E-state index is 2.31. The first-order valence-electron chi connectivity index (χ1n) is 7.06. The summed E-state index contributed by atoms with van der Waals surface area (Å²) in [5.74, 6) is 0.599. The van der Waals surface area contributed by atoms with E-state index >= 15 is 0 Å². The fourth-order valence-electron chi connectivity index (χ4n) is 2.51. The van der Waals surface area contributed by atoms with Crippen molar-refractivity contribution in [2.45, 2.75) is 13.8 Å². The van der Waals surface area contributed by atoms with Gasteiger partial charge >= 0.3 is 0 Å². The van der Waals surface area contributed by atoms with Crippen molar-refractivity contribution in [1.82, 2.24) is 0 Å². The second kappa shape index (κ2) is 5.77. The topological polar surface area (TPSA) is 0 Å². The predicted molar refractivity (Wildman–Crippen MR) is 90.8 cm³/mol. The number of hydrogen-bond donors (Lipinski definition) is 0. The Labute approximate surface area is 123 Å². The van der Waals surface area contributed by atoms with Crippen molar-refractivity contribution >= 4 is 13.9 Å². The van der Waals surface area contributed by atoms with E-state index in [2.05, 4.69) is 80.6 Å². The van der Waals surface area contributed by atoms with Crippen LogP contribution in [-0.2, 0) is 0 Å². The highest BCUT2D eigenvalue weighted by Crippen LogP contribution is 2.37. The van der Waals surface area contributed by atoms with Crippen LogP contribution in [0.2, 0.25) is 0 Å². The average molecular weight is 278 g/mol. The lowest BCUT2D eigenvalue weighted by atomic mass is 10.1. The normalized spacial score (nSPS) is 18.4. The summed E-state index contributed by atoms with van der Waals surface area (Å²) in [7, 11) is 0.742. The third-order valence-corrected chi connectivity index (χ3v) is 5.48. The summed E-state index contributed by atoms with van der Waals surface area (Å²) in [6, 6.07) is 19.4. The molecule has 2 atom stereocenters. The Morgan fingerprint density at radius 3 is 2.30 bits per heavy atom. The standard InChI is InChI=1S/C19H19P/c1-14-12-13-18(15(14)2)20-19-11-7-6-10-17(19)16-8-4-3-5-9-16/h3-14,20H,1-2H3. The minimum atomic E-state index is 0.599. The van der Waals surface area contributed by atoms with E-state index in [1.807, 2.05) is 0 Å². The highest BCUT2D eigenvalue weighted by Gasteiger charge is 2.14. The van der Waals surface area contributed by atoms with Crippen molar-refractivity contribution in [3.8, 4) is 11.1 Å². The lowest BCUT2D eigenvalue weighted by molar-refractivity contribution is 0.881. The van der Waals surface area contributed by atoms with E-state index in [1.54, 1.807) is 0 Å². The first-order chi connectivity index (χ1) is 9.75. The first-order valence-corrected chi connectivity index (χ1v) is 8.06. The van der Waals surface area contributed by atoms with Crippen molar-refractivity contribution in [2.75, 3.05) is 0 Å². The molecule has 1 aliphatic rings. The van der Waals surface area contributed by atoms with Gasteiger partial charge in [0.1, 0.15) is 0 Å². The molecule has 2 aromatic carbocycles. The number of hydrogen-bond acceptors (Lipinski definition) is 0. The lowest BCUT2D eigenvalue weighted by Gasteiger charge is -2.11. The Kier molecular flexibility index (Phi) is 3.85. The largest absolute Gasteiger partial charge is 0.0770 e. The van der Waals surface area contributed by atoms with Crippen LogP contribution in [-0.4, -0.2) is 0 Å². The maximum absolute atomic E-state index is 2.31. The summed E-state index contributed by atoms with van der Waals surface area (Å²) in [6.07, 6.45) is 4.61. The number of benzene rings is 2. The number of rotatable bonds is 3. The van der Waals surface area contributed by atoms with Crippen LogP contribution in [0.15, 0.2) is 77.6 Å². The summed E-state index contributed by atoms with van der Waals surface area (Å²) >= 11 is 0. The molecule has 0 nitrogen and oxygen atoms in total. The van der Waals surface area contributed by atoms with Gasteiger partial charge < -0.3 is 0 Å². The van der Waals surface area contributed by atoms with E-state index in [0.29, 0.717) is 5.92 Å². The van der Waals surface area contributed by atoms with E-state index in [-0.39, 0.29) is 0 Å². The van der Waals surface area contributed by atoms with Crippen molar-refractivity contribution in [3.63, 3.8) is 0 Å². The molecule has 2 aromatic rings. The van der Waals surface area contributed by atoms with Gasteiger partial charge in [-0.15, -0.1) is 0 Å². The Balaban J connectivity index is 1.98. The van der Waals surface area contributed by atoms with Crippen LogP contribution < -0.4 is 5.30 Å². The second-order valence-corrected chi connectivity index (χ2v) is 6.61. The van der Waals surface area contributed by atoms with Gasteiger partial charge in [0.05, 0.1) is 0 Å². The molecular formula is C19H19P. The van der Waals surface area contributed by atoms with Gasteiger partial charge in [-0.3, -0.25) is 0 Å². The van der Waals surface area contributed by atoms with E-state index < -0.39 is 0 Å². The zero-order valence-electron chi connectivity index (χ0n) is 11.9. The third-order valence-electron chi connectivity index (χ3n) is 3.94. The van der Waals surface area contributed by atoms with Gasteiger partial charge in [0.25, 0.3) is 0 Å². The fraction of sp³-hybridized carbons (Fsp3) is 0.158. The van der Waals surface area contributed by atoms with Gasteiger partial charge in [-0.05, 0) is 34.6 Å². The van der Waals surface area contributed by atoms with E-state index in [4.69, 9.17) is 0 Å². The van der Waals surface area contributed by atoms with Crippen LogP contribution in [0, 0.1) is 5.92 Å². The predicted octanol–water partition coefficient (Wildman–Crippen LogP) is 5.14. The van der Waals surface area contributed by atoms with E-state index in [9.17, 15) is 0 Å². The molecule has 1 aliphatic carbocycles. The molecule has 1 heteroatoms. The van der Waals surface area contributed by atoms with Gasteiger partial charge in [-0.25, -0.2) is 0 Å². The molecule has 0 aliphatic heterocycles. The molecule has 0 radical (unpaired) electrons. The summed E-state index contributed by atoms with van der Waals surface area (Å²) in [5, 5.41) is 2.94. The van der Waals surface area contributed by atoms with Crippen molar-refractivity contribution < 1.29 is 0 Å². The zero-order chi connectivity index (χ0) is 13.9. The molecule has 0 N–H and O–H groups in total. The van der Waals surface area contributed by atoms with E-state index in [0.717, 1.165) is 8.58 Å². The van der Waals surface area contributed by atoms with Crippen LogP contribution in [0.3, 0.4) is 0 Å². The first kappa shape index (κ1) is 13.3. The van der Waals surface area contributed by atoms with Crippen LogP contribution in [0.5, 0.6) is 0 Å². The average Bonchev–Trinajstić information content (AvgIpc) is 2.81. The molecule has 0 fully saturated rings. The molecule has 3 rings (SSSR count). The lowest BCUT2D eigenvalue weighted by Crippen LogP contribution is -2.00. The summed E-state index contributed by atoms with van der Waals surface area (Å²) in [6.45, 7) is 4.53. The van der Waals surface area contributed by atoms with Gasteiger partial charge in [-0.1, -0.05) is 87.8 Å². The van der Waals surface area contributed by atoms with Gasteiger partial charge in [0.2, 0.25) is 0 Å². The minimum absolute atomic E-state index is 0.599. The van der Waals surface area contributed by atoms with Crippen LogP contribution in [0.25, 0.3) is 11.1 Å². The van der Waals surface area contributed by atoms with Crippen LogP contribution >= 0.6 is 8.58 Å². The monoisotopic (exact) mass is 278 g/mol. The Morgan fingerprint density at radius 1 is 0.900 bits per heavy atom. The molecule has 2 unspecified atom stereocenters. The molecule has 0 saturated carbocycles. The molecule has 0 amide bonds. The van der Waals surface area contributed by atoms with Crippen LogP contribution in [0.1, 0.15) is 13.8 Å². The second-order valence-electron chi connectivity index (χ2n) is 5.28. The van der Waals surface area contributed by atoms with Gasteiger partial charge in [0.15, 0.2) is 0 Å². The van der Waals surface area contributed by atoms with Crippen LogP contribution in [0.4, 0.5) is 0 Å². The minimum Gasteiger partial charge on any atom is -0.0770 e. The molecule has 0 heterocycles. The van der Waals surface area contributed by atoms with E-state index in [1.165, 1.54) is 27.3 Å². The molecular weight excluding hydrogens is 259 g/mol. The summed E-state index contributed by atoms with van der Waals surface area (Å²) in [4.78, 5) is 0. The Hall–Kier alpha value is -1.65. The highest BCUT2D eigenvalue weighted by molar-refractivity contribution is 7.52. The molecule has 0 saturated heterocycles. The van der Waals surface area contributed by atoms with Crippen molar-refractivity contribution in [1.29, 1.82) is 0 Å². The molecule has 0 bridgehead atoms. The van der Waals surface area contributed by atoms with Crippen molar-refractivity contribution in [3.05, 3.63) is 77.6 Å². The quantitative estimate of drug-likeness (QED) is 0.682. The molecule has 100 valence electrons. The van der Waals surface area contributed by atoms with Gasteiger partial charge in [0, 0.05) is 0 Å². The SMILES string of the molecule is CC1=C(Pc2ccccc2-c2ccccc2)C=CC1C. The molecule has 20 heavy (non-hydrogen) atoms. The molecule has 0 spiro atoms. The smallest absolute Gasteiger partial charge is 0.00417 e. The summed E-state index contributed by atoms with van der Waals surface area (Å²) < 4.78 is 0. The highest BCUT2D eigenvalue weighted by atomic mass is 31.1. The summed E-state index contributed by atoms with van der Waals surface area (Å²) in [5.41, 5.74) is 4.19. The number of allylic oxidation sites excluding steroid dienone is 4. The van der Waals surface area contributed by atoms with Crippen molar-refractivity contribution in [2.24, 2.45) is 5.92 Å². The maximum Gasteiger partial charge on any atom is -0.00417 e. The zero-order valence-corrected chi connectivity index (χ0v) is 12.9. The third kappa shape index (κ3) is 2.62. The fourth-order valence-corrected chi connectivity index (χ4v) is 3.94. The van der Waals surface area contributed by atoms with Gasteiger partial charge in [-0.2, -0.15) is 0 Å². The molecule has 0 aromatic heterocycles. The Bertz CT molecular complexity index is 665. The Morgan fingerprint density at radius 2 is 1.60 bits per heavy atom.